The predicted octanol–water partition coefficient (Wildman–Crippen LogP) is 2.05. The molecule has 0 aromatic heterocycles. The number of para-hydroxylation sites is 1. The minimum absolute atomic E-state index is 0.0299. The maximum atomic E-state index is 13.7. The molecule has 2 atom stereocenters. The number of halogens is 1. The summed E-state index contributed by atoms with van der Waals surface area (Å²) in [4.78, 5) is 14.0. The Balaban J connectivity index is 1.66. The molecule has 1 aromatic rings. The number of amides is 1. The number of carbonyl (C=O) groups is 1. The Morgan fingerprint density at radius 1 is 1.38 bits per heavy atom. The molecular formula is C18H29FN4O. The maximum absolute atomic E-state index is 13.7. The SMILES string of the molecule is CC(C)CC1CC(C(=O)NCCCN(C)c2ccccc2F)NN1. The molecule has 1 amide bonds. The number of rotatable bonds is 8. The zero-order valence-corrected chi connectivity index (χ0v) is 14.8. The van der Waals surface area contributed by atoms with Crippen molar-refractivity contribution < 1.29 is 9.18 Å². The van der Waals surface area contributed by atoms with Crippen LogP contribution in [0.2, 0.25) is 0 Å². The second-order valence-electron chi connectivity index (χ2n) is 6.92. The summed E-state index contributed by atoms with van der Waals surface area (Å²) in [5.74, 6) is 0.420. The Hall–Kier alpha value is -1.66. The van der Waals surface area contributed by atoms with Crippen LogP contribution in [0.4, 0.5) is 10.1 Å². The quantitative estimate of drug-likeness (QED) is 0.636. The molecular weight excluding hydrogens is 307 g/mol. The first-order valence-corrected chi connectivity index (χ1v) is 8.71. The third-order valence-corrected chi connectivity index (χ3v) is 4.29. The van der Waals surface area contributed by atoms with E-state index in [1.54, 1.807) is 12.1 Å². The lowest BCUT2D eigenvalue weighted by molar-refractivity contribution is -0.122. The third-order valence-electron chi connectivity index (χ3n) is 4.29. The lowest BCUT2D eigenvalue weighted by Crippen LogP contribution is -2.44. The number of hydrogen-bond acceptors (Lipinski definition) is 4. The molecule has 5 nitrogen and oxygen atoms in total. The van der Waals surface area contributed by atoms with Gasteiger partial charge in [0.25, 0.3) is 0 Å². The fourth-order valence-electron chi connectivity index (χ4n) is 3.05. The van der Waals surface area contributed by atoms with Crippen LogP contribution in [0.1, 0.15) is 33.1 Å². The summed E-state index contributed by atoms with van der Waals surface area (Å²) in [6, 6.07) is 6.91. The molecule has 2 rings (SSSR count). The summed E-state index contributed by atoms with van der Waals surface area (Å²) in [6.07, 6.45) is 2.65. The molecule has 1 fully saturated rings. The molecule has 1 heterocycles. The van der Waals surface area contributed by atoms with Crippen molar-refractivity contribution in [2.45, 2.75) is 45.2 Å². The van der Waals surface area contributed by atoms with Crippen LogP contribution in [0.3, 0.4) is 0 Å². The molecule has 3 N–H and O–H groups in total. The molecule has 2 unspecified atom stereocenters. The number of anilines is 1. The van der Waals surface area contributed by atoms with Crippen molar-refractivity contribution in [3.8, 4) is 0 Å². The summed E-state index contributed by atoms with van der Waals surface area (Å²) >= 11 is 0. The smallest absolute Gasteiger partial charge is 0.238 e. The van der Waals surface area contributed by atoms with Crippen molar-refractivity contribution >= 4 is 11.6 Å². The molecule has 0 aliphatic carbocycles. The van der Waals surface area contributed by atoms with E-state index in [1.807, 2.05) is 18.0 Å². The molecule has 1 aliphatic heterocycles. The van der Waals surface area contributed by atoms with Gasteiger partial charge in [0.2, 0.25) is 5.91 Å². The van der Waals surface area contributed by atoms with E-state index in [1.165, 1.54) is 6.07 Å². The fraction of sp³-hybridized carbons (Fsp3) is 0.611. The standard InChI is InChI=1S/C18H29FN4O/c1-13(2)11-14-12-16(22-21-14)18(24)20-9-6-10-23(3)17-8-5-4-7-15(17)19/h4-5,7-8,13-14,16,21-22H,6,9-12H2,1-3H3,(H,20,24). The number of carbonyl (C=O) groups excluding carboxylic acids is 1. The number of benzene rings is 1. The summed E-state index contributed by atoms with van der Waals surface area (Å²) < 4.78 is 13.7. The van der Waals surface area contributed by atoms with Gasteiger partial charge >= 0.3 is 0 Å². The lowest BCUT2D eigenvalue weighted by Gasteiger charge is -2.20. The topological polar surface area (TPSA) is 56.4 Å². The van der Waals surface area contributed by atoms with Gasteiger partial charge in [0.15, 0.2) is 0 Å². The monoisotopic (exact) mass is 336 g/mol. The Labute approximate surface area is 144 Å². The van der Waals surface area contributed by atoms with E-state index in [9.17, 15) is 9.18 Å². The average Bonchev–Trinajstić information content (AvgIpc) is 2.99. The molecule has 0 saturated carbocycles. The van der Waals surface area contributed by atoms with Gasteiger partial charge in [-0.25, -0.2) is 9.82 Å². The van der Waals surface area contributed by atoms with E-state index in [4.69, 9.17) is 0 Å². The van der Waals surface area contributed by atoms with E-state index >= 15 is 0 Å². The fourth-order valence-corrected chi connectivity index (χ4v) is 3.05. The molecule has 1 aromatic carbocycles. The van der Waals surface area contributed by atoms with Gasteiger partial charge in [-0.05, 0) is 37.3 Å². The van der Waals surface area contributed by atoms with Gasteiger partial charge in [0, 0.05) is 26.2 Å². The summed E-state index contributed by atoms with van der Waals surface area (Å²) in [5, 5.41) is 2.96. The molecule has 1 aliphatic rings. The van der Waals surface area contributed by atoms with Crippen LogP contribution in [0.15, 0.2) is 24.3 Å². The molecule has 0 radical (unpaired) electrons. The second-order valence-corrected chi connectivity index (χ2v) is 6.92. The first-order valence-electron chi connectivity index (χ1n) is 8.71. The minimum Gasteiger partial charge on any atom is -0.372 e. The lowest BCUT2D eigenvalue weighted by atomic mass is 10.00. The highest BCUT2D eigenvalue weighted by molar-refractivity contribution is 5.82. The Morgan fingerprint density at radius 3 is 2.83 bits per heavy atom. The summed E-state index contributed by atoms with van der Waals surface area (Å²) in [7, 11) is 1.86. The van der Waals surface area contributed by atoms with E-state index in [-0.39, 0.29) is 17.8 Å². The van der Waals surface area contributed by atoms with E-state index < -0.39 is 0 Å². The van der Waals surface area contributed by atoms with Gasteiger partial charge in [-0.1, -0.05) is 26.0 Å². The molecule has 1 saturated heterocycles. The van der Waals surface area contributed by atoms with Crippen molar-refractivity contribution in [1.82, 2.24) is 16.2 Å². The minimum atomic E-state index is -0.221. The summed E-state index contributed by atoms with van der Waals surface area (Å²) in [6.45, 7) is 5.64. The van der Waals surface area contributed by atoms with Gasteiger partial charge in [-0.3, -0.25) is 10.2 Å². The molecule has 134 valence electrons. The second kappa shape index (κ2) is 8.99. The van der Waals surface area contributed by atoms with Gasteiger partial charge in [-0.2, -0.15) is 0 Å². The highest BCUT2D eigenvalue weighted by atomic mass is 19.1. The normalized spacial score (nSPS) is 20.4. The number of hydrazine groups is 1. The number of nitrogens with zero attached hydrogens (tertiary/aromatic N) is 1. The van der Waals surface area contributed by atoms with Crippen molar-refractivity contribution in [3.63, 3.8) is 0 Å². The van der Waals surface area contributed by atoms with Crippen LogP contribution in [0, 0.1) is 11.7 Å². The first kappa shape index (κ1) is 18.7. The van der Waals surface area contributed by atoms with Crippen molar-refractivity contribution in [1.29, 1.82) is 0 Å². The van der Waals surface area contributed by atoms with Gasteiger partial charge in [0.05, 0.1) is 5.69 Å². The Morgan fingerprint density at radius 2 is 2.12 bits per heavy atom. The van der Waals surface area contributed by atoms with Crippen LogP contribution >= 0.6 is 0 Å². The van der Waals surface area contributed by atoms with Crippen molar-refractivity contribution in [3.05, 3.63) is 30.1 Å². The van der Waals surface area contributed by atoms with E-state index in [2.05, 4.69) is 30.0 Å². The predicted molar refractivity (Wildman–Crippen MR) is 95.2 cm³/mol. The van der Waals surface area contributed by atoms with Crippen LogP contribution < -0.4 is 21.1 Å². The van der Waals surface area contributed by atoms with E-state index in [0.717, 1.165) is 19.3 Å². The molecule has 0 bridgehead atoms. The first-order chi connectivity index (χ1) is 11.5. The molecule has 6 heteroatoms. The van der Waals surface area contributed by atoms with E-state index in [0.29, 0.717) is 30.7 Å². The van der Waals surface area contributed by atoms with Crippen LogP contribution in [-0.2, 0) is 4.79 Å². The Bertz CT molecular complexity index is 538. The van der Waals surface area contributed by atoms with Crippen LogP contribution in [-0.4, -0.2) is 38.1 Å². The zero-order valence-electron chi connectivity index (χ0n) is 14.8. The zero-order chi connectivity index (χ0) is 17.5. The summed E-state index contributed by atoms with van der Waals surface area (Å²) in [5.41, 5.74) is 6.85. The van der Waals surface area contributed by atoms with Crippen LogP contribution in [0.5, 0.6) is 0 Å². The van der Waals surface area contributed by atoms with Gasteiger partial charge in [0.1, 0.15) is 11.9 Å². The largest absolute Gasteiger partial charge is 0.372 e. The Kier molecular flexibility index (Phi) is 6.99. The average molecular weight is 336 g/mol. The van der Waals surface area contributed by atoms with Crippen molar-refractivity contribution in [2.24, 2.45) is 5.92 Å². The van der Waals surface area contributed by atoms with Gasteiger partial charge < -0.3 is 10.2 Å². The third kappa shape index (κ3) is 5.46. The van der Waals surface area contributed by atoms with Crippen molar-refractivity contribution in [2.75, 3.05) is 25.0 Å². The maximum Gasteiger partial charge on any atom is 0.238 e. The highest BCUT2D eigenvalue weighted by Crippen LogP contribution is 2.17. The van der Waals surface area contributed by atoms with Crippen LogP contribution in [0.25, 0.3) is 0 Å². The molecule has 0 spiro atoms. The number of nitrogens with one attached hydrogen (secondary N) is 3. The van der Waals surface area contributed by atoms with Gasteiger partial charge in [-0.15, -0.1) is 0 Å². The molecule has 24 heavy (non-hydrogen) atoms. The highest BCUT2D eigenvalue weighted by Gasteiger charge is 2.29. The number of hydrogen-bond donors (Lipinski definition) is 3.